The molecule has 6 nitrogen and oxygen atoms in total. The Labute approximate surface area is 120 Å². The summed E-state index contributed by atoms with van der Waals surface area (Å²) in [5.41, 5.74) is 6.22. The van der Waals surface area contributed by atoms with Gasteiger partial charge >= 0.3 is 5.69 Å². The number of carbonyl (C=O) groups excluding carboxylic acids is 1. The number of rotatable bonds is 4. The van der Waals surface area contributed by atoms with E-state index in [9.17, 15) is 14.0 Å². The number of aromatic nitrogens is 2. The van der Waals surface area contributed by atoms with Crippen molar-refractivity contribution in [3.63, 3.8) is 0 Å². The second-order valence-corrected chi connectivity index (χ2v) is 4.64. The number of anilines is 2. The van der Waals surface area contributed by atoms with Gasteiger partial charge < -0.3 is 11.1 Å². The molecule has 110 valence electrons. The smallest absolute Gasteiger partial charge is 0.347 e. The minimum absolute atomic E-state index is 0.0353. The highest BCUT2D eigenvalue weighted by atomic mass is 19.1. The summed E-state index contributed by atoms with van der Waals surface area (Å²) in [5, 5.41) is 2.59. The van der Waals surface area contributed by atoms with Crippen LogP contribution in [0.5, 0.6) is 0 Å². The van der Waals surface area contributed by atoms with Crippen molar-refractivity contribution < 1.29 is 9.18 Å². The maximum atomic E-state index is 13.0. The van der Waals surface area contributed by atoms with E-state index in [1.54, 1.807) is 6.20 Å². The van der Waals surface area contributed by atoms with Crippen molar-refractivity contribution in [2.24, 2.45) is 0 Å². The fraction of sp³-hybridized carbons (Fsp3) is 0.214. The number of nitrogens with zero attached hydrogens (tertiary/aromatic N) is 2. The highest BCUT2D eigenvalue weighted by molar-refractivity contribution is 5.91. The van der Waals surface area contributed by atoms with Gasteiger partial charge in [0.15, 0.2) is 0 Å². The summed E-state index contributed by atoms with van der Waals surface area (Å²) < 4.78 is 14.4. The monoisotopic (exact) mass is 290 g/mol. The van der Waals surface area contributed by atoms with Gasteiger partial charge in [0.1, 0.15) is 5.82 Å². The standard InChI is InChI=1S/C14H15FN4O2/c1-9-7-17-14(21)19(8-9)5-4-13(20)18-10-2-3-11(15)12(16)6-10/h2-3,6-8H,4-5,16H2,1H3,(H,18,20). The summed E-state index contributed by atoms with van der Waals surface area (Å²) in [6.07, 6.45) is 3.21. The van der Waals surface area contributed by atoms with Crippen molar-refractivity contribution in [1.29, 1.82) is 0 Å². The first kappa shape index (κ1) is 14.7. The molecule has 0 aliphatic rings. The molecular formula is C14H15FN4O2. The van der Waals surface area contributed by atoms with Crippen LogP contribution in [0, 0.1) is 12.7 Å². The lowest BCUT2D eigenvalue weighted by atomic mass is 10.2. The first-order valence-electron chi connectivity index (χ1n) is 6.33. The third-order valence-electron chi connectivity index (χ3n) is 2.84. The third kappa shape index (κ3) is 3.88. The van der Waals surface area contributed by atoms with Gasteiger partial charge in [0.25, 0.3) is 0 Å². The second kappa shape index (κ2) is 6.17. The first-order valence-corrected chi connectivity index (χ1v) is 6.33. The van der Waals surface area contributed by atoms with Crippen molar-refractivity contribution in [2.45, 2.75) is 19.9 Å². The van der Waals surface area contributed by atoms with E-state index in [4.69, 9.17) is 5.73 Å². The molecule has 0 saturated carbocycles. The molecule has 21 heavy (non-hydrogen) atoms. The van der Waals surface area contributed by atoms with Crippen LogP contribution in [0.1, 0.15) is 12.0 Å². The predicted molar refractivity (Wildman–Crippen MR) is 77.3 cm³/mol. The Bertz CT molecular complexity index is 727. The molecule has 2 rings (SSSR count). The van der Waals surface area contributed by atoms with Crippen LogP contribution in [-0.4, -0.2) is 15.5 Å². The largest absolute Gasteiger partial charge is 0.396 e. The Morgan fingerprint density at radius 2 is 2.24 bits per heavy atom. The number of nitrogens with one attached hydrogen (secondary N) is 1. The molecule has 0 fully saturated rings. The zero-order valence-electron chi connectivity index (χ0n) is 11.5. The molecule has 0 aliphatic carbocycles. The molecule has 1 heterocycles. The maximum absolute atomic E-state index is 13.0. The van der Waals surface area contributed by atoms with Crippen LogP contribution in [0.25, 0.3) is 0 Å². The van der Waals surface area contributed by atoms with Gasteiger partial charge in [0.05, 0.1) is 5.69 Å². The van der Waals surface area contributed by atoms with Crippen LogP contribution < -0.4 is 16.7 Å². The van der Waals surface area contributed by atoms with Crippen LogP contribution in [-0.2, 0) is 11.3 Å². The topological polar surface area (TPSA) is 90.0 Å². The van der Waals surface area contributed by atoms with Gasteiger partial charge in [-0.05, 0) is 30.7 Å². The van der Waals surface area contributed by atoms with Crippen molar-refractivity contribution in [1.82, 2.24) is 9.55 Å². The van der Waals surface area contributed by atoms with E-state index in [0.717, 1.165) is 5.56 Å². The fourth-order valence-electron chi connectivity index (χ4n) is 1.79. The molecule has 0 aliphatic heterocycles. The van der Waals surface area contributed by atoms with Crippen LogP contribution in [0.2, 0.25) is 0 Å². The Kier molecular flexibility index (Phi) is 4.32. The van der Waals surface area contributed by atoms with E-state index in [-0.39, 0.29) is 24.6 Å². The predicted octanol–water partition coefficient (Wildman–Crippen LogP) is 1.30. The molecule has 0 radical (unpaired) electrons. The van der Waals surface area contributed by atoms with E-state index >= 15 is 0 Å². The first-order chi connectivity index (χ1) is 9.95. The summed E-state index contributed by atoms with van der Waals surface area (Å²) in [7, 11) is 0. The summed E-state index contributed by atoms with van der Waals surface area (Å²) in [4.78, 5) is 27.0. The molecule has 0 spiro atoms. The number of benzene rings is 1. The molecule has 0 unspecified atom stereocenters. The van der Waals surface area contributed by atoms with Gasteiger partial charge in [-0.25, -0.2) is 14.2 Å². The van der Waals surface area contributed by atoms with E-state index in [1.807, 2.05) is 6.92 Å². The molecule has 3 N–H and O–H groups in total. The normalized spacial score (nSPS) is 10.4. The highest BCUT2D eigenvalue weighted by Crippen LogP contribution is 2.16. The number of hydrogen-bond donors (Lipinski definition) is 2. The minimum Gasteiger partial charge on any atom is -0.396 e. The van der Waals surface area contributed by atoms with Crippen LogP contribution >= 0.6 is 0 Å². The summed E-state index contributed by atoms with van der Waals surface area (Å²) in [6, 6.07) is 3.94. The number of halogens is 1. The molecule has 1 aromatic carbocycles. The molecule has 0 saturated heterocycles. The number of nitrogen functional groups attached to an aromatic ring is 1. The average molecular weight is 290 g/mol. The van der Waals surface area contributed by atoms with Gasteiger partial charge in [-0.1, -0.05) is 0 Å². The van der Waals surface area contributed by atoms with E-state index < -0.39 is 11.5 Å². The summed E-state index contributed by atoms with van der Waals surface area (Å²) in [5.74, 6) is -0.834. The molecule has 7 heteroatoms. The second-order valence-electron chi connectivity index (χ2n) is 4.64. The Hall–Kier alpha value is -2.70. The Morgan fingerprint density at radius 3 is 2.95 bits per heavy atom. The molecule has 1 amide bonds. The van der Waals surface area contributed by atoms with E-state index in [0.29, 0.717) is 5.69 Å². The Balaban J connectivity index is 1.97. The number of hydrogen-bond acceptors (Lipinski definition) is 4. The quantitative estimate of drug-likeness (QED) is 0.830. The van der Waals surface area contributed by atoms with Gasteiger partial charge in [0.2, 0.25) is 5.91 Å². The third-order valence-corrected chi connectivity index (χ3v) is 2.84. The fourth-order valence-corrected chi connectivity index (χ4v) is 1.79. The number of nitrogens with two attached hydrogens (primary N) is 1. The van der Waals surface area contributed by atoms with Gasteiger partial charge in [-0.15, -0.1) is 0 Å². The van der Waals surface area contributed by atoms with E-state index in [2.05, 4.69) is 10.3 Å². The van der Waals surface area contributed by atoms with Gasteiger partial charge in [-0.2, -0.15) is 0 Å². The zero-order valence-corrected chi connectivity index (χ0v) is 11.5. The summed E-state index contributed by atoms with van der Waals surface area (Å²) >= 11 is 0. The van der Waals surface area contributed by atoms with Crippen molar-refractivity contribution in [3.05, 3.63) is 52.5 Å². The molecule has 1 aromatic heterocycles. The summed E-state index contributed by atoms with van der Waals surface area (Å²) in [6.45, 7) is 2.03. The molecular weight excluding hydrogens is 275 g/mol. The molecule has 0 atom stereocenters. The maximum Gasteiger partial charge on any atom is 0.347 e. The van der Waals surface area contributed by atoms with Crippen LogP contribution in [0.15, 0.2) is 35.4 Å². The molecule has 0 bridgehead atoms. The lowest BCUT2D eigenvalue weighted by Gasteiger charge is -2.08. The van der Waals surface area contributed by atoms with E-state index in [1.165, 1.54) is 29.0 Å². The van der Waals surface area contributed by atoms with Crippen LogP contribution in [0.3, 0.4) is 0 Å². The zero-order chi connectivity index (χ0) is 15.4. The number of amides is 1. The van der Waals surface area contributed by atoms with Gasteiger partial charge in [-0.3, -0.25) is 9.36 Å². The van der Waals surface area contributed by atoms with Crippen molar-refractivity contribution in [3.8, 4) is 0 Å². The Morgan fingerprint density at radius 1 is 1.48 bits per heavy atom. The van der Waals surface area contributed by atoms with Crippen molar-refractivity contribution >= 4 is 17.3 Å². The average Bonchev–Trinajstić information content (AvgIpc) is 2.44. The van der Waals surface area contributed by atoms with Gasteiger partial charge in [0, 0.05) is 31.0 Å². The van der Waals surface area contributed by atoms with Crippen LogP contribution in [0.4, 0.5) is 15.8 Å². The lowest BCUT2D eigenvalue weighted by Crippen LogP contribution is -2.25. The number of aryl methyl sites for hydroxylation is 2. The molecule has 2 aromatic rings. The lowest BCUT2D eigenvalue weighted by molar-refractivity contribution is -0.116. The minimum atomic E-state index is -0.537. The van der Waals surface area contributed by atoms with Crippen molar-refractivity contribution in [2.75, 3.05) is 11.1 Å². The highest BCUT2D eigenvalue weighted by Gasteiger charge is 2.06. The number of carbonyl (C=O) groups is 1. The SMILES string of the molecule is Cc1cnc(=O)n(CCC(=O)Nc2ccc(F)c(N)c2)c1.